The summed E-state index contributed by atoms with van der Waals surface area (Å²) in [5.41, 5.74) is 1.41. The van der Waals surface area contributed by atoms with Crippen molar-refractivity contribution in [2.75, 3.05) is 44.2 Å². The summed E-state index contributed by atoms with van der Waals surface area (Å²) < 4.78 is 5.71. The first-order valence-electron chi connectivity index (χ1n) is 8.84. The van der Waals surface area contributed by atoms with Gasteiger partial charge in [-0.05, 0) is 38.1 Å². The van der Waals surface area contributed by atoms with Gasteiger partial charge in [0.05, 0.1) is 12.2 Å². The molecule has 7 nitrogen and oxygen atoms in total. The van der Waals surface area contributed by atoms with Gasteiger partial charge in [0.15, 0.2) is 0 Å². The van der Waals surface area contributed by atoms with Gasteiger partial charge in [-0.25, -0.2) is 4.79 Å². The highest BCUT2D eigenvalue weighted by molar-refractivity contribution is 5.96. The van der Waals surface area contributed by atoms with Gasteiger partial charge < -0.3 is 15.4 Å². The van der Waals surface area contributed by atoms with Crippen LogP contribution in [-0.4, -0.2) is 68.3 Å². The lowest BCUT2D eigenvalue weighted by atomic mass is 10.2. The van der Waals surface area contributed by atoms with Crippen LogP contribution in [0.5, 0.6) is 0 Å². The minimum atomic E-state index is -0.0915. The van der Waals surface area contributed by atoms with E-state index in [4.69, 9.17) is 4.74 Å². The van der Waals surface area contributed by atoms with Crippen LogP contribution >= 0.6 is 0 Å². The van der Waals surface area contributed by atoms with E-state index < -0.39 is 0 Å². The van der Waals surface area contributed by atoms with Crippen LogP contribution in [0.3, 0.4) is 0 Å². The van der Waals surface area contributed by atoms with Crippen molar-refractivity contribution < 1.29 is 14.3 Å². The molecular formula is C18H26N4O3. The Labute approximate surface area is 148 Å². The normalized spacial score (nSPS) is 24.2. The summed E-state index contributed by atoms with van der Waals surface area (Å²) in [4.78, 5) is 27.9. The van der Waals surface area contributed by atoms with Crippen LogP contribution in [0.25, 0.3) is 0 Å². The molecule has 7 heteroatoms. The molecule has 0 saturated carbocycles. The molecule has 2 aliphatic rings. The Morgan fingerprint density at radius 1 is 1.24 bits per heavy atom. The first-order chi connectivity index (χ1) is 12.0. The van der Waals surface area contributed by atoms with Crippen LogP contribution in [-0.2, 0) is 4.74 Å². The Kier molecular flexibility index (Phi) is 5.55. The SMILES string of the molecule is C[C@H]1CN(CCNC(=O)c2ccc(N3CCNC3=O)cc2)C[C@H](C)O1. The van der Waals surface area contributed by atoms with E-state index in [0.29, 0.717) is 25.2 Å². The van der Waals surface area contributed by atoms with Crippen LogP contribution in [0.15, 0.2) is 24.3 Å². The van der Waals surface area contributed by atoms with E-state index >= 15 is 0 Å². The number of nitrogens with one attached hydrogen (secondary N) is 2. The summed E-state index contributed by atoms with van der Waals surface area (Å²) in [5.74, 6) is -0.0909. The maximum absolute atomic E-state index is 12.3. The molecule has 2 saturated heterocycles. The second-order valence-electron chi connectivity index (χ2n) is 6.70. The van der Waals surface area contributed by atoms with Crippen molar-refractivity contribution in [3.05, 3.63) is 29.8 Å². The number of carbonyl (C=O) groups is 2. The Hall–Kier alpha value is -2.12. The van der Waals surface area contributed by atoms with Crippen LogP contribution in [0.1, 0.15) is 24.2 Å². The van der Waals surface area contributed by atoms with Crippen molar-refractivity contribution in [1.82, 2.24) is 15.5 Å². The highest BCUT2D eigenvalue weighted by Gasteiger charge is 2.22. The first-order valence-corrected chi connectivity index (χ1v) is 8.84. The maximum atomic E-state index is 12.3. The highest BCUT2D eigenvalue weighted by Crippen LogP contribution is 2.17. The van der Waals surface area contributed by atoms with Crippen LogP contribution in [0, 0.1) is 0 Å². The van der Waals surface area contributed by atoms with E-state index in [9.17, 15) is 9.59 Å². The van der Waals surface area contributed by atoms with Gasteiger partial charge in [-0.2, -0.15) is 0 Å². The monoisotopic (exact) mass is 346 g/mol. The molecule has 2 fully saturated rings. The number of hydrogen-bond donors (Lipinski definition) is 2. The molecule has 2 atom stereocenters. The first kappa shape index (κ1) is 17.7. The summed E-state index contributed by atoms with van der Waals surface area (Å²) in [6.07, 6.45) is 0.463. The molecule has 25 heavy (non-hydrogen) atoms. The molecule has 0 unspecified atom stereocenters. The molecule has 0 aliphatic carbocycles. The third-order valence-electron chi connectivity index (χ3n) is 4.51. The van der Waals surface area contributed by atoms with Gasteiger partial charge in [0.1, 0.15) is 0 Å². The predicted octanol–water partition coefficient (Wildman–Crippen LogP) is 1.06. The summed E-state index contributed by atoms with van der Waals surface area (Å²) in [6.45, 7) is 8.66. The molecule has 3 amide bonds. The lowest BCUT2D eigenvalue weighted by Crippen LogP contribution is -2.47. The van der Waals surface area contributed by atoms with Crippen LogP contribution in [0.2, 0.25) is 0 Å². The van der Waals surface area contributed by atoms with Crippen LogP contribution in [0.4, 0.5) is 10.5 Å². The zero-order valence-corrected chi connectivity index (χ0v) is 14.8. The van der Waals surface area contributed by atoms with Gasteiger partial charge in [0, 0.05) is 50.5 Å². The van der Waals surface area contributed by atoms with Gasteiger partial charge in [-0.15, -0.1) is 0 Å². The molecule has 0 spiro atoms. The molecule has 2 heterocycles. The fraction of sp³-hybridized carbons (Fsp3) is 0.556. The van der Waals surface area contributed by atoms with Crippen LogP contribution < -0.4 is 15.5 Å². The van der Waals surface area contributed by atoms with E-state index in [1.54, 1.807) is 17.0 Å². The Balaban J connectivity index is 1.47. The molecule has 3 rings (SSSR count). The summed E-state index contributed by atoms with van der Waals surface area (Å²) in [5, 5.41) is 5.72. The average Bonchev–Trinajstić information content (AvgIpc) is 3.00. The number of nitrogens with zero attached hydrogens (tertiary/aromatic N) is 2. The standard InChI is InChI=1S/C18H26N4O3/c1-13-11-21(12-14(2)25-13)9-7-19-17(23)15-3-5-16(6-4-15)22-10-8-20-18(22)24/h3-6,13-14H,7-12H2,1-2H3,(H,19,23)(H,20,24)/t13-,14-/m0/s1. The van der Waals surface area contributed by atoms with E-state index in [-0.39, 0.29) is 24.1 Å². The second kappa shape index (κ2) is 7.84. The van der Waals surface area contributed by atoms with Gasteiger partial charge in [0.2, 0.25) is 0 Å². The molecule has 2 aliphatic heterocycles. The molecule has 1 aromatic carbocycles. The number of morpholine rings is 1. The molecular weight excluding hydrogens is 320 g/mol. The number of urea groups is 1. The smallest absolute Gasteiger partial charge is 0.321 e. The number of carbonyl (C=O) groups excluding carboxylic acids is 2. The molecule has 1 aromatic rings. The van der Waals surface area contributed by atoms with Gasteiger partial charge in [0.25, 0.3) is 5.91 Å². The number of benzene rings is 1. The lowest BCUT2D eigenvalue weighted by Gasteiger charge is -2.35. The second-order valence-corrected chi connectivity index (χ2v) is 6.70. The van der Waals surface area contributed by atoms with Crippen molar-refractivity contribution in [3.63, 3.8) is 0 Å². The summed E-state index contributed by atoms with van der Waals surface area (Å²) in [7, 11) is 0. The predicted molar refractivity (Wildman–Crippen MR) is 96.0 cm³/mol. The number of anilines is 1. The number of hydrogen-bond acceptors (Lipinski definition) is 4. The number of rotatable bonds is 5. The maximum Gasteiger partial charge on any atom is 0.321 e. The molecule has 2 N–H and O–H groups in total. The third kappa shape index (κ3) is 4.49. The molecule has 0 radical (unpaired) electrons. The van der Waals surface area contributed by atoms with Gasteiger partial charge in [-0.1, -0.05) is 0 Å². The third-order valence-corrected chi connectivity index (χ3v) is 4.51. The largest absolute Gasteiger partial charge is 0.373 e. The van der Waals surface area contributed by atoms with Crippen molar-refractivity contribution in [2.45, 2.75) is 26.1 Å². The summed E-state index contributed by atoms with van der Waals surface area (Å²) in [6, 6.07) is 7.05. The van der Waals surface area contributed by atoms with Gasteiger partial charge >= 0.3 is 6.03 Å². The number of ether oxygens (including phenoxy) is 1. The minimum Gasteiger partial charge on any atom is -0.373 e. The fourth-order valence-corrected chi connectivity index (χ4v) is 3.41. The topological polar surface area (TPSA) is 73.9 Å². The van der Waals surface area contributed by atoms with Crippen molar-refractivity contribution >= 4 is 17.6 Å². The quantitative estimate of drug-likeness (QED) is 0.836. The van der Waals surface area contributed by atoms with Crippen molar-refractivity contribution in [3.8, 4) is 0 Å². The van der Waals surface area contributed by atoms with Crippen molar-refractivity contribution in [1.29, 1.82) is 0 Å². The van der Waals surface area contributed by atoms with E-state index in [1.807, 2.05) is 12.1 Å². The zero-order valence-electron chi connectivity index (χ0n) is 14.8. The Morgan fingerprint density at radius 2 is 1.92 bits per heavy atom. The Bertz CT molecular complexity index is 609. The van der Waals surface area contributed by atoms with E-state index in [2.05, 4.69) is 29.4 Å². The number of amides is 3. The van der Waals surface area contributed by atoms with Gasteiger partial charge in [-0.3, -0.25) is 14.6 Å². The Morgan fingerprint density at radius 3 is 2.52 bits per heavy atom. The zero-order chi connectivity index (χ0) is 17.8. The average molecular weight is 346 g/mol. The minimum absolute atomic E-state index is 0.0909. The lowest BCUT2D eigenvalue weighted by molar-refractivity contribution is -0.0672. The van der Waals surface area contributed by atoms with E-state index in [0.717, 1.165) is 25.3 Å². The molecule has 0 bridgehead atoms. The fourth-order valence-electron chi connectivity index (χ4n) is 3.41. The van der Waals surface area contributed by atoms with Crippen molar-refractivity contribution in [2.24, 2.45) is 0 Å². The highest BCUT2D eigenvalue weighted by atomic mass is 16.5. The molecule has 0 aromatic heterocycles. The molecule has 136 valence electrons. The summed E-state index contributed by atoms with van der Waals surface area (Å²) >= 11 is 0. The van der Waals surface area contributed by atoms with E-state index in [1.165, 1.54) is 0 Å².